The molecular weight excluding hydrogens is 270 g/mol. The molecule has 2 atom stereocenters. The first-order valence-corrected chi connectivity index (χ1v) is 8.42. The highest BCUT2D eigenvalue weighted by Crippen LogP contribution is 2.17. The third kappa shape index (κ3) is 4.81. The largest absolute Gasteiger partial charge is 0.376 e. The second-order valence-corrected chi connectivity index (χ2v) is 7.12. The van der Waals surface area contributed by atoms with Gasteiger partial charge in [0.25, 0.3) is 0 Å². The molecule has 114 valence electrons. The quantitative estimate of drug-likeness (QED) is 0.875. The van der Waals surface area contributed by atoms with E-state index in [1.54, 1.807) is 11.3 Å². The molecular formula is C15H27N3OS. The molecule has 0 saturated carbocycles. The van der Waals surface area contributed by atoms with Crippen LogP contribution in [0.4, 0.5) is 0 Å². The summed E-state index contributed by atoms with van der Waals surface area (Å²) in [6, 6.07) is 0.482. The van der Waals surface area contributed by atoms with Gasteiger partial charge in [0.15, 0.2) is 0 Å². The van der Waals surface area contributed by atoms with E-state index < -0.39 is 0 Å². The summed E-state index contributed by atoms with van der Waals surface area (Å²) >= 11 is 1.76. The van der Waals surface area contributed by atoms with E-state index in [1.807, 2.05) is 0 Å². The molecule has 1 fully saturated rings. The number of hydrogen-bond donors (Lipinski definition) is 1. The van der Waals surface area contributed by atoms with Crippen molar-refractivity contribution in [1.29, 1.82) is 0 Å². The fourth-order valence-corrected chi connectivity index (χ4v) is 3.13. The molecule has 1 aliphatic rings. The summed E-state index contributed by atoms with van der Waals surface area (Å²) in [5.41, 5.74) is 1.19. The first-order chi connectivity index (χ1) is 9.54. The summed E-state index contributed by atoms with van der Waals surface area (Å²) in [6.45, 7) is 13.5. The molecule has 4 nitrogen and oxygen atoms in total. The molecule has 1 aromatic heterocycles. The molecule has 5 heteroatoms. The molecule has 0 aromatic carbocycles. The number of hydrogen-bond acceptors (Lipinski definition) is 5. The smallest absolute Gasteiger partial charge is 0.107 e. The van der Waals surface area contributed by atoms with Gasteiger partial charge in [0.2, 0.25) is 0 Å². The van der Waals surface area contributed by atoms with E-state index in [4.69, 9.17) is 9.72 Å². The molecule has 2 rings (SSSR count). The van der Waals surface area contributed by atoms with E-state index in [2.05, 4.69) is 43.3 Å². The van der Waals surface area contributed by atoms with Crippen LogP contribution in [0.1, 0.15) is 38.4 Å². The summed E-state index contributed by atoms with van der Waals surface area (Å²) in [5, 5.41) is 6.83. The van der Waals surface area contributed by atoms with E-state index in [0.29, 0.717) is 18.1 Å². The molecule has 2 unspecified atom stereocenters. The Labute approximate surface area is 126 Å². The zero-order chi connectivity index (χ0) is 14.5. The van der Waals surface area contributed by atoms with Gasteiger partial charge in [-0.2, -0.15) is 0 Å². The van der Waals surface area contributed by atoms with Crippen molar-refractivity contribution in [2.75, 3.05) is 19.7 Å². The lowest BCUT2D eigenvalue weighted by atomic mass is 10.2. The summed E-state index contributed by atoms with van der Waals surface area (Å²) in [5.74, 6) is 0.685. The maximum Gasteiger partial charge on any atom is 0.107 e. The van der Waals surface area contributed by atoms with E-state index in [-0.39, 0.29) is 0 Å². The number of ether oxygens (including phenoxy) is 1. The average molecular weight is 297 g/mol. The Balaban J connectivity index is 1.82. The van der Waals surface area contributed by atoms with Crippen LogP contribution >= 0.6 is 11.3 Å². The van der Waals surface area contributed by atoms with E-state index in [9.17, 15) is 0 Å². The lowest BCUT2D eigenvalue weighted by Gasteiger charge is -2.36. The molecule has 0 spiro atoms. The van der Waals surface area contributed by atoms with Gasteiger partial charge in [0, 0.05) is 31.1 Å². The molecule has 1 aromatic rings. The molecule has 1 aliphatic heterocycles. The SMILES string of the molecule is CC(C)CNCc1nc(CN2CC(C)OCC2C)cs1. The van der Waals surface area contributed by atoms with E-state index >= 15 is 0 Å². The standard InChI is InChI=1S/C15H27N3OS/c1-11(2)5-16-6-15-17-14(10-20-15)8-18-7-13(4)19-9-12(18)3/h10-13,16H,5-9H2,1-4H3. The summed E-state index contributed by atoms with van der Waals surface area (Å²) in [6.07, 6.45) is 0.331. The van der Waals surface area contributed by atoms with Crippen LogP contribution in [0.3, 0.4) is 0 Å². The minimum Gasteiger partial charge on any atom is -0.376 e. The second-order valence-electron chi connectivity index (χ2n) is 6.18. The zero-order valence-electron chi connectivity index (χ0n) is 13.1. The van der Waals surface area contributed by atoms with Gasteiger partial charge in [0.05, 0.1) is 18.4 Å². The van der Waals surface area contributed by atoms with Gasteiger partial charge in [-0.1, -0.05) is 13.8 Å². The van der Waals surface area contributed by atoms with Crippen molar-refractivity contribution < 1.29 is 4.74 Å². The number of rotatable bonds is 6. The highest BCUT2D eigenvalue weighted by Gasteiger charge is 2.23. The molecule has 1 N–H and O–H groups in total. The fraction of sp³-hybridized carbons (Fsp3) is 0.800. The van der Waals surface area contributed by atoms with Crippen molar-refractivity contribution in [2.24, 2.45) is 5.92 Å². The van der Waals surface area contributed by atoms with Crippen molar-refractivity contribution >= 4 is 11.3 Å². The molecule has 0 aliphatic carbocycles. The predicted octanol–water partition coefficient (Wildman–Crippen LogP) is 2.50. The Kier molecular flexibility index (Phi) is 5.96. The Morgan fingerprint density at radius 2 is 2.30 bits per heavy atom. The van der Waals surface area contributed by atoms with Crippen LogP contribution in [0.15, 0.2) is 5.38 Å². The summed E-state index contributed by atoms with van der Waals surface area (Å²) in [7, 11) is 0. The summed E-state index contributed by atoms with van der Waals surface area (Å²) < 4.78 is 5.67. The normalized spacial score (nSPS) is 24.4. The predicted molar refractivity (Wildman–Crippen MR) is 83.9 cm³/mol. The third-order valence-electron chi connectivity index (χ3n) is 3.53. The number of aromatic nitrogens is 1. The molecule has 0 bridgehead atoms. The van der Waals surface area contributed by atoms with Crippen LogP contribution in [-0.2, 0) is 17.8 Å². The zero-order valence-corrected chi connectivity index (χ0v) is 13.9. The van der Waals surface area contributed by atoms with Crippen LogP contribution in [0.5, 0.6) is 0 Å². The topological polar surface area (TPSA) is 37.4 Å². The van der Waals surface area contributed by atoms with Gasteiger partial charge in [-0.25, -0.2) is 4.98 Å². The highest BCUT2D eigenvalue weighted by atomic mass is 32.1. The maximum absolute atomic E-state index is 5.67. The van der Waals surface area contributed by atoms with Gasteiger partial charge in [-0.3, -0.25) is 4.90 Å². The average Bonchev–Trinajstić information content (AvgIpc) is 2.81. The lowest BCUT2D eigenvalue weighted by molar-refractivity contribution is -0.0530. The lowest BCUT2D eigenvalue weighted by Crippen LogP contribution is -2.46. The monoisotopic (exact) mass is 297 g/mol. The molecule has 0 radical (unpaired) electrons. The van der Waals surface area contributed by atoms with Crippen molar-refractivity contribution in [3.63, 3.8) is 0 Å². The van der Waals surface area contributed by atoms with Crippen molar-refractivity contribution in [3.8, 4) is 0 Å². The Morgan fingerprint density at radius 3 is 3.05 bits per heavy atom. The summed E-state index contributed by atoms with van der Waals surface area (Å²) in [4.78, 5) is 7.20. The van der Waals surface area contributed by atoms with Gasteiger partial charge < -0.3 is 10.1 Å². The van der Waals surface area contributed by atoms with Crippen LogP contribution in [-0.4, -0.2) is 41.7 Å². The number of thiazole rings is 1. The van der Waals surface area contributed by atoms with Crippen LogP contribution < -0.4 is 5.32 Å². The first-order valence-electron chi connectivity index (χ1n) is 7.54. The molecule has 20 heavy (non-hydrogen) atoms. The van der Waals surface area contributed by atoms with Gasteiger partial charge in [0.1, 0.15) is 5.01 Å². The van der Waals surface area contributed by atoms with E-state index in [0.717, 1.165) is 32.8 Å². The Hall–Kier alpha value is -0.490. The van der Waals surface area contributed by atoms with Gasteiger partial charge >= 0.3 is 0 Å². The minimum atomic E-state index is 0.331. The highest BCUT2D eigenvalue weighted by molar-refractivity contribution is 7.09. The molecule has 1 saturated heterocycles. The van der Waals surface area contributed by atoms with Crippen molar-refractivity contribution in [1.82, 2.24) is 15.2 Å². The number of nitrogens with one attached hydrogen (secondary N) is 1. The van der Waals surface area contributed by atoms with Gasteiger partial charge in [-0.05, 0) is 26.3 Å². The molecule has 0 amide bonds. The van der Waals surface area contributed by atoms with Crippen molar-refractivity contribution in [3.05, 3.63) is 16.1 Å². The minimum absolute atomic E-state index is 0.331. The maximum atomic E-state index is 5.67. The Morgan fingerprint density at radius 1 is 1.50 bits per heavy atom. The third-order valence-corrected chi connectivity index (χ3v) is 4.43. The van der Waals surface area contributed by atoms with Crippen LogP contribution in [0, 0.1) is 5.92 Å². The number of nitrogens with zero attached hydrogens (tertiary/aromatic N) is 2. The van der Waals surface area contributed by atoms with E-state index in [1.165, 1.54) is 10.7 Å². The van der Waals surface area contributed by atoms with Crippen LogP contribution in [0.25, 0.3) is 0 Å². The molecule has 2 heterocycles. The van der Waals surface area contributed by atoms with Gasteiger partial charge in [-0.15, -0.1) is 11.3 Å². The first kappa shape index (κ1) is 15.9. The van der Waals surface area contributed by atoms with Crippen LogP contribution in [0.2, 0.25) is 0 Å². The fourth-order valence-electron chi connectivity index (χ4n) is 2.37. The Bertz CT molecular complexity index is 408. The van der Waals surface area contributed by atoms with Crippen molar-refractivity contribution in [2.45, 2.75) is 52.9 Å². The number of morpholine rings is 1. The second kappa shape index (κ2) is 7.50.